The summed E-state index contributed by atoms with van der Waals surface area (Å²) < 4.78 is 0. The molecule has 0 spiro atoms. The lowest BCUT2D eigenvalue weighted by molar-refractivity contribution is -0.120. The Morgan fingerprint density at radius 2 is 2.13 bits per heavy atom. The van der Waals surface area contributed by atoms with Crippen molar-refractivity contribution in [1.82, 2.24) is 5.32 Å². The maximum atomic E-state index is 10.9. The fraction of sp³-hybridized carbons (Fsp3) is 0.417. The van der Waals surface area contributed by atoms with E-state index in [1.807, 2.05) is 19.9 Å². The Labute approximate surface area is 96.7 Å². The van der Waals surface area contributed by atoms with Crippen molar-refractivity contribution in [1.29, 1.82) is 0 Å². The van der Waals surface area contributed by atoms with E-state index in [0.29, 0.717) is 18.0 Å². The predicted octanol–water partition coefficient (Wildman–Crippen LogP) is 3.16. The zero-order chi connectivity index (χ0) is 11.7. The van der Waals surface area contributed by atoms with Crippen LogP contribution in [0.1, 0.15) is 26.7 Å². The van der Waals surface area contributed by atoms with Gasteiger partial charge in [0.05, 0.1) is 0 Å². The van der Waals surface area contributed by atoms with Crippen LogP contribution in [0.15, 0.2) is 35.4 Å². The number of hydrogen-bond acceptors (Lipinski definition) is 1. The van der Waals surface area contributed by atoms with Crippen LogP contribution in [-0.2, 0) is 4.79 Å². The van der Waals surface area contributed by atoms with Crippen LogP contribution in [0.3, 0.4) is 0 Å². The third kappa shape index (κ3) is 8.01. The van der Waals surface area contributed by atoms with Crippen molar-refractivity contribution in [3.63, 3.8) is 0 Å². The summed E-state index contributed by atoms with van der Waals surface area (Å²) in [6.45, 7) is 8.06. The van der Waals surface area contributed by atoms with E-state index in [-0.39, 0.29) is 5.91 Å². The summed E-state index contributed by atoms with van der Waals surface area (Å²) in [4.78, 5) is 10.9. The van der Waals surface area contributed by atoms with Gasteiger partial charge >= 0.3 is 0 Å². The van der Waals surface area contributed by atoms with Crippen LogP contribution in [0.2, 0.25) is 0 Å². The molecule has 0 aliphatic heterocycles. The highest BCUT2D eigenvalue weighted by molar-refractivity contribution is 6.31. The number of allylic oxidation sites excluding steroid dienone is 4. The van der Waals surface area contributed by atoms with Crippen LogP contribution in [0.5, 0.6) is 0 Å². The molecule has 0 atom stereocenters. The summed E-state index contributed by atoms with van der Waals surface area (Å²) in [5.74, 6) is 0.0856. The Kier molecular flexibility index (Phi) is 7.74. The highest BCUT2D eigenvalue weighted by Gasteiger charge is 1.95. The fourth-order valence-corrected chi connectivity index (χ4v) is 0.960. The van der Waals surface area contributed by atoms with Crippen LogP contribution >= 0.6 is 11.6 Å². The standard InChI is InChI=1S/C12H18ClNO/c1-4-11(13)7-6-10(3)8-9-14-12(15)5-2/h4,6-7H,1,5,8-9H2,2-3H3,(H,14,15). The number of amides is 1. The molecule has 15 heavy (non-hydrogen) atoms. The van der Waals surface area contributed by atoms with Crippen LogP contribution in [0.25, 0.3) is 0 Å². The van der Waals surface area contributed by atoms with Crippen molar-refractivity contribution in [2.75, 3.05) is 6.54 Å². The van der Waals surface area contributed by atoms with Gasteiger partial charge in [0.2, 0.25) is 5.91 Å². The van der Waals surface area contributed by atoms with Crippen molar-refractivity contribution < 1.29 is 4.79 Å². The molecule has 1 N–H and O–H groups in total. The van der Waals surface area contributed by atoms with Gasteiger partial charge < -0.3 is 5.32 Å². The molecule has 0 aliphatic rings. The molecule has 0 fully saturated rings. The molecule has 0 aliphatic carbocycles. The molecule has 0 aromatic rings. The number of hydrogen-bond donors (Lipinski definition) is 1. The Morgan fingerprint density at radius 1 is 1.47 bits per heavy atom. The van der Waals surface area contributed by atoms with Gasteiger partial charge in [-0.15, -0.1) is 0 Å². The van der Waals surface area contributed by atoms with E-state index in [1.54, 1.807) is 12.2 Å². The van der Waals surface area contributed by atoms with Crippen molar-refractivity contribution in [2.24, 2.45) is 0 Å². The van der Waals surface area contributed by atoms with Gasteiger partial charge in [-0.05, 0) is 19.4 Å². The summed E-state index contributed by atoms with van der Waals surface area (Å²) in [6.07, 6.45) is 6.69. The zero-order valence-corrected chi connectivity index (χ0v) is 10.1. The number of carbonyl (C=O) groups excluding carboxylic acids is 1. The first-order chi connectivity index (χ1) is 7.10. The number of halogens is 1. The van der Waals surface area contributed by atoms with E-state index in [4.69, 9.17) is 11.6 Å². The van der Waals surface area contributed by atoms with E-state index in [9.17, 15) is 4.79 Å². The van der Waals surface area contributed by atoms with Gasteiger partial charge in [-0.3, -0.25) is 4.79 Å². The Hall–Kier alpha value is -1.02. The maximum Gasteiger partial charge on any atom is 0.219 e. The molecule has 0 heterocycles. The first kappa shape index (κ1) is 14.0. The monoisotopic (exact) mass is 227 g/mol. The largest absolute Gasteiger partial charge is 0.356 e. The van der Waals surface area contributed by atoms with Crippen LogP contribution in [0, 0.1) is 0 Å². The van der Waals surface area contributed by atoms with Crippen LogP contribution in [-0.4, -0.2) is 12.5 Å². The summed E-state index contributed by atoms with van der Waals surface area (Å²) in [5, 5.41) is 3.43. The summed E-state index contributed by atoms with van der Waals surface area (Å²) in [7, 11) is 0. The first-order valence-electron chi connectivity index (χ1n) is 5.02. The molecule has 0 saturated heterocycles. The summed E-state index contributed by atoms with van der Waals surface area (Å²) in [6, 6.07) is 0. The van der Waals surface area contributed by atoms with Crippen molar-refractivity contribution in [3.8, 4) is 0 Å². The van der Waals surface area contributed by atoms with E-state index in [2.05, 4.69) is 11.9 Å². The molecule has 84 valence electrons. The Balaban J connectivity index is 3.88. The van der Waals surface area contributed by atoms with Gasteiger partial charge in [0.15, 0.2) is 0 Å². The number of rotatable bonds is 6. The highest BCUT2D eigenvalue weighted by Crippen LogP contribution is 2.05. The summed E-state index contributed by atoms with van der Waals surface area (Å²) >= 11 is 5.75. The predicted molar refractivity (Wildman–Crippen MR) is 65.8 cm³/mol. The quantitative estimate of drug-likeness (QED) is 0.694. The second-order valence-electron chi connectivity index (χ2n) is 3.22. The fourth-order valence-electron chi connectivity index (χ4n) is 0.897. The van der Waals surface area contributed by atoms with E-state index >= 15 is 0 Å². The average molecular weight is 228 g/mol. The molecule has 3 heteroatoms. The highest BCUT2D eigenvalue weighted by atomic mass is 35.5. The van der Waals surface area contributed by atoms with E-state index in [1.165, 1.54) is 5.57 Å². The molecule has 0 bridgehead atoms. The molecule has 0 unspecified atom stereocenters. The summed E-state index contributed by atoms with van der Waals surface area (Å²) in [5.41, 5.74) is 1.17. The topological polar surface area (TPSA) is 29.1 Å². The normalized spacial score (nSPS) is 12.5. The molecule has 1 amide bonds. The minimum atomic E-state index is 0.0856. The third-order valence-electron chi connectivity index (χ3n) is 1.88. The van der Waals surface area contributed by atoms with Crippen LogP contribution in [0.4, 0.5) is 0 Å². The van der Waals surface area contributed by atoms with E-state index in [0.717, 1.165) is 6.42 Å². The van der Waals surface area contributed by atoms with E-state index < -0.39 is 0 Å². The van der Waals surface area contributed by atoms with Gasteiger partial charge in [-0.2, -0.15) is 0 Å². The molecule has 2 nitrogen and oxygen atoms in total. The molecule has 0 saturated carbocycles. The van der Waals surface area contributed by atoms with Crippen molar-refractivity contribution >= 4 is 17.5 Å². The molecule has 0 aromatic heterocycles. The third-order valence-corrected chi connectivity index (χ3v) is 2.16. The number of nitrogens with one attached hydrogen (secondary N) is 1. The van der Waals surface area contributed by atoms with Gasteiger partial charge in [0.1, 0.15) is 0 Å². The SMILES string of the molecule is C=CC(Cl)=CC=C(C)CCNC(=O)CC. The van der Waals surface area contributed by atoms with Gasteiger partial charge in [0, 0.05) is 18.0 Å². The van der Waals surface area contributed by atoms with Crippen molar-refractivity contribution in [3.05, 3.63) is 35.4 Å². The molecule has 0 radical (unpaired) electrons. The molecule has 0 aromatic carbocycles. The molecule has 0 rings (SSSR count). The molecular formula is C12H18ClNO. The lowest BCUT2D eigenvalue weighted by atomic mass is 10.2. The number of carbonyl (C=O) groups is 1. The smallest absolute Gasteiger partial charge is 0.219 e. The zero-order valence-electron chi connectivity index (χ0n) is 9.35. The lowest BCUT2D eigenvalue weighted by Gasteiger charge is -2.02. The Morgan fingerprint density at radius 3 is 2.67 bits per heavy atom. The van der Waals surface area contributed by atoms with Crippen molar-refractivity contribution in [2.45, 2.75) is 26.7 Å². The molecular weight excluding hydrogens is 210 g/mol. The second-order valence-corrected chi connectivity index (χ2v) is 3.66. The minimum Gasteiger partial charge on any atom is -0.356 e. The Bertz CT molecular complexity index is 279. The van der Waals surface area contributed by atoms with Gasteiger partial charge in [-0.1, -0.05) is 42.8 Å². The minimum absolute atomic E-state index is 0.0856. The lowest BCUT2D eigenvalue weighted by Crippen LogP contribution is -2.23. The van der Waals surface area contributed by atoms with Gasteiger partial charge in [0.25, 0.3) is 0 Å². The van der Waals surface area contributed by atoms with Gasteiger partial charge in [-0.25, -0.2) is 0 Å². The average Bonchev–Trinajstić information content (AvgIpc) is 2.25. The first-order valence-corrected chi connectivity index (χ1v) is 5.40. The van der Waals surface area contributed by atoms with Crippen LogP contribution < -0.4 is 5.32 Å². The second kappa shape index (κ2) is 8.30. The maximum absolute atomic E-state index is 10.9.